The predicted molar refractivity (Wildman–Crippen MR) is 111 cm³/mol. The van der Waals surface area contributed by atoms with Crippen molar-refractivity contribution in [3.8, 4) is 11.6 Å². The molecule has 0 amide bonds. The van der Waals surface area contributed by atoms with Crippen molar-refractivity contribution in [3.63, 3.8) is 0 Å². The molecule has 0 bridgehead atoms. The summed E-state index contributed by atoms with van der Waals surface area (Å²) < 4.78 is 11.5. The number of hydrogen-bond acceptors (Lipinski definition) is 5. The van der Waals surface area contributed by atoms with Gasteiger partial charge in [0, 0.05) is 18.9 Å². The van der Waals surface area contributed by atoms with Crippen molar-refractivity contribution in [1.29, 1.82) is 0 Å². The maximum absolute atomic E-state index is 5.75. The maximum Gasteiger partial charge on any atom is 0.222 e. The molecule has 1 aromatic heterocycles. The fourth-order valence-corrected chi connectivity index (χ4v) is 3.61. The zero-order chi connectivity index (χ0) is 19.3. The van der Waals surface area contributed by atoms with E-state index in [2.05, 4.69) is 15.3 Å². The Hall–Kier alpha value is -1.98. The first-order valence-electron chi connectivity index (χ1n) is 10.7. The van der Waals surface area contributed by atoms with Crippen LogP contribution in [0.3, 0.4) is 0 Å². The summed E-state index contributed by atoms with van der Waals surface area (Å²) in [6, 6.07) is 11.4. The summed E-state index contributed by atoms with van der Waals surface area (Å²) in [5.41, 5.74) is 0. The molecule has 1 aliphatic heterocycles. The number of nitrogens with one attached hydrogen (secondary N) is 1. The number of ether oxygens (including phenoxy) is 2. The van der Waals surface area contributed by atoms with Crippen LogP contribution >= 0.6 is 0 Å². The van der Waals surface area contributed by atoms with Gasteiger partial charge in [0.25, 0.3) is 0 Å². The summed E-state index contributed by atoms with van der Waals surface area (Å²) in [7, 11) is 0. The lowest BCUT2D eigenvalue weighted by Crippen LogP contribution is -2.20. The lowest BCUT2D eigenvalue weighted by Gasteiger charge is -2.13. The Morgan fingerprint density at radius 3 is 2.82 bits per heavy atom. The van der Waals surface area contributed by atoms with Crippen LogP contribution in [-0.4, -0.2) is 29.7 Å². The second-order valence-electron chi connectivity index (χ2n) is 7.55. The van der Waals surface area contributed by atoms with Gasteiger partial charge in [0.1, 0.15) is 12.4 Å². The Bertz CT molecular complexity index is 658. The molecule has 0 saturated carbocycles. The second kappa shape index (κ2) is 12.5. The highest BCUT2D eigenvalue weighted by molar-refractivity contribution is 5.25. The van der Waals surface area contributed by atoms with Crippen molar-refractivity contribution in [2.45, 2.75) is 58.0 Å². The van der Waals surface area contributed by atoms with E-state index in [0.717, 1.165) is 24.7 Å². The van der Waals surface area contributed by atoms with Crippen LogP contribution in [0.4, 0.5) is 0 Å². The summed E-state index contributed by atoms with van der Waals surface area (Å²) in [5.74, 6) is 2.87. The fourth-order valence-electron chi connectivity index (χ4n) is 3.61. The molecule has 2 aromatic rings. The topological polar surface area (TPSA) is 56.3 Å². The van der Waals surface area contributed by atoms with Crippen LogP contribution in [0.25, 0.3) is 0 Å². The van der Waals surface area contributed by atoms with Gasteiger partial charge >= 0.3 is 0 Å². The van der Waals surface area contributed by atoms with Crippen LogP contribution in [0.2, 0.25) is 0 Å². The van der Waals surface area contributed by atoms with Gasteiger partial charge < -0.3 is 14.8 Å². The number of rotatable bonds is 11. The molecule has 0 aliphatic carbocycles. The molecule has 5 heteroatoms. The van der Waals surface area contributed by atoms with Gasteiger partial charge in [-0.3, -0.25) is 0 Å². The van der Waals surface area contributed by atoms with Crippen LogP contribution in [0.15, 0.2) is 42.6 Å². The van der Waals surface area contributed by atoms with E-state index >= 15 is 0 Å². The lowest BCUT2D eigenvalue weighted by molar-refractivity contribution is 0.111. The van der Waals surface area contributed by atoms with Gasteiger partial charge in [-0.05, 0) is 56.8 Å². The van der Waals surface area contributed by atoms with E-state index in [-0.39, 0.29) is 0 Å². The minimum absolute atomic E-state index is 0.430. The van der Waals surface area contributed by atoms with Crippen LogP contribution in [0, 0.1) is 5.92 Å². The van der Waals surface area contributed by atoms with Crippen molar-refractivity contribution in [2.75, 3.05) is 19.7 Å². The van der Waals surface area contributed by atoms with Gasteiger partial charge in [-0.25, -0.2) is 4.98 Å². The Morgan fingerprint density at radius 2 is 1.89 bits per heavy atom. The van der Waals surface area contributed by atoms with Crippen LogP contribution in [0.5, 0.6) is 11.6 Å². The van der Waals surface area contributed by atoms with Gasteiger partial charge in [0.05, 0.1) is 0 Å². The second-order valence-corrected chi connectivity index (χ2v) is 7.55. The third kappa shape index (κ3) is 7.95. The van der Waals surface area contributed by atoms with E-state index in [1.807, 2.05) is 30.3 Å². The fraction of sp³-hybridized carbons (Fsp3) is 0.565. The SMILES string of the molecule is c1ccc(Oc2ccnc(COCCCCCCC3CCCCNC3)n2)cc1. The number of para-hydroxylation sites is 1. The molecule has 1 atom stereocenters. The van der Waals surface area contributed by atoms with Gasteiger partial charge in [0.15, 0.2) is 5.82 Å². The predicted octanol–water partition coefficient (Wildman–Crippen LogP) is 5.13. The zero-order valence-corrected chi connectivity index (χ0v) is 16.8. The van der Waals surface area contributed by atoms with Crippen molar-refractivity contribution in [1.82, 2.24) is 15.3 Å². The van der Waals surface area contributed by atoms with Gasteiger partial charge in [-0.15, -0.1) is 0 Å². The Balaban J connectivity index is 1.24. The van der Waals surface area contributed by atoms with Crippen LogP contribution in [-0.2, 0) is 11.3 Å². The molecule has 1 unspecified atom stereocenters. The summed E-state index contributed by atoms with van der Waals surface area (Å²) in [6.07, 6.45) is 12.2. The maximum atomic E-state index is 5.75. The van der Waals surface area contributed by atoms with E-state index in [4.69, 9.17) is 9.47 Å². The highest BCUT2D eigenvalue weighted by Crippen LogP contribution is 2.19. The lowest BCUT2D eigenvalue weighted by atomic mass is 9.96. The van der Waals surface area contributed by atoms with Crippen molar-refractivity contribution < 1.29 is 9.47 Å². The average molecular weight is 384 g/mol. The summed E-state index contributed by atoms with van der Waals surface area (Å²) in [4.78, 5) is 8.68. The van der Waals surface area contributed by atoms with E-state index in [9.17, 15) is 0 Å². The van der Waals surface area contributed by atoms with E-state index in [1.165, 1.54) is 58.0 Å². The monoisotopic (exact) mass is 383 g/mol. The highest BCUT2D eigenvalue weighted by atomic mass is 16.5. The first kappa shape index (κ1) is 20.7. The molecule has 0 spiro atoms. The number of nitrogens with zero attached hydrogens (tertiary/aromatic N) is 2. The Morgan fingerprint density at radius 1 is 1.00 bits per heavy atom. The normalized spacial score (nSPS) is 17.2. The van der Waals surface area contributed by atoms with Crippen molar-refractivity contribution in [3.05, 3.63) is 48.4 Å². The highest BCUT2D eigenvalue weighted by Gasteiger charge is 2.10. The third-order valence-electron chi connectivity index (χ3n) is 5.18. The molecule has 2 heterocycles. The number of benzene rings is 1. The van der Waals surface area contributed by atoms with E-state index < -0.39 is 0 Å². The van der Waals surface area contributed by atoms with Gasteiger partial charge in [0.2, 0.25) is 5.88 Å². The first-order valence-corrected chi connectivity index (χ1v) is 10.7. The van der Waals surface area contributed by atoms with E-state index in [0.29, 0.717) is 18.3 Å². The van der Waals surface area contributed by atoms with Crippen molar-refractivity contribution in [2.24, 2.45) is 5.92 Å². The molecular weight excluding hydrogens is 350 g/mol. The molecule has 5 nitrogen and oxygen atoms in total. The Kier molecular flexibility index (Phi) is 9.24. The first-order chi connectivity index (χ1) is 13.9. The molecule has 28 heavy (non-hydrogen) atoms. The number of aromatic nitrogens is 2. The zero-order valence-electron chi connectivity index (χ0n) is 16.8. The summed E-state index contributed by atoms with van der Waals surface area (Å²) in [5, 5.41) is 3.56. The summed E-state index contributed by atoms with van der Waals surface area (Å²) in [6.45, 7) is 3.62. The van der Waals surface area contributed by atoms with Gasteiger partial charge in [-0.2, -0.15) is 4.98 Å². The smallest absolute Gasteiger partial charge is 0.222 e. The minimum Gasteiger partial charge on any atom is -0.439 e. The standard InChI is InChI=1S/C23H33N3O2/c1(4-10-20-11-7-8-15-24-18-20)2-9-17-27-19-22-25-16-14-23(26-22)28-21-12-5-3-6-13-21/h3,5-6,12-14,16,20,24H,1-2,4,7-11,15,17-19H2. The molecule has 1 saturated heterocycles. The van der Waals surface area contributed by atoms with Gasteiger partial charge in [-0.1, -0.05) is 43.9 Å². The number of hydrogen-bond donors (Lipinski definition) is 1. The molecule has 0 radical (unpaired) electrons. The minimum atomic E-state index is 0.430. The van der Waals surface area contributed by atoms with Crippen LogP contribution in [0.1, 0.15) is 57.2 Å². The molecular formula is C23H33N3O2. The number of unbranched alkanes of at least 4 members (excludes halogenated alkanes) is 3. The third-order valence-corrected chi connectivity index (χ3v) is 5.18. The largest absolute Gasteiger partial charge is 0.439 e. The Labute approximate surface area is 168 Å². The summed E-state index contributed by atoms with van der Waals surface area (Å²) >= 11 is 0. The van der Waals surface area contributed by atoms with E-state index in [1.54, 1.807) is 12.3 Å². The molecule has 1 aromatic carbocycles. The molecule has 152 valence electrons. The van der Waals surface area contributed by atoms with Crippen LogP contribution < -0.4 is 10.1 Å². The van der Waals surface area contributed by atoms with Crippen molar-refractivity contribution >= 4 is 0 Å². The molecule has 3 rings (SSSR count). The average Bonchev–Trinajstić information content (AvgIpc) is 3.00. The molecule has 1 fully saturated rings. The molecule has 1 aliphatic rings. The quantitative estimate of drug-likeness (QED) is 0.545. The molecule has 1 N–H and O–H groups in total.